The molecule has 1 fully saturated rings. The van der Waals surface area contributed by atoms with E-state index in [0.717, 1.165) is 26.2 Å². The first-order chi connectivity index (χ1) is 9.80. The second-order valence-corrected chi connectivity index (χ2v) is 8.00. The minimum atomic E-state index is 0.195. The lowest BCUT2D eigenvalue weighted by Gasteiger charge is -2.39. The van der Waals surface area contributed by atoms with Gasteiger partial charge < -0.3 is 15.0 Å². The molecule has 1 saturated heterocycles. The molecule has 0 radical (unpaired) electrons. The fraction of sp³-hybridized carbons (Fsp3) is 1.00. The van der Waals surface area contributed by atoms with Crippen LogP contribution in [0.3, 0.4) is 0 Å². The average molecular weight is 299 g/mol. The van der Waals surface area contributed by atoms with Gasteiger partial charge in [-0.15, -0.1) is 0 Å². The van der Waals surface area contributed by atoms with Crippen molar-refractivity contribution in [1.29, 1.82) is 0 Å². The average Bonchev–Trinajstić information content (AvgIpc) is 2.44. The van der Waals surface area contributed by atoms with Crippen LogP contribution in [0.25, 0.3) is 0 Å². The Bertz CT molecular complexity index is 275. The smallest absolute Gasteiger partial charge is 0.0701 e. The quantitative estimate of drug-likeness (QED) is 0.740. The van der Waals surface area contributed by atoms with Crippen molar-refractivity contribution in [2.24, 2.45) is 5.41 Å². The Hall–Kier alpha value is -0.120. The molecule has 1 unspecified atom stereocenters. The van der Waals surface area contributed by atoms with Crippen molar-refractivity contribution in [3.05, 3.63) is 0 Å². The Balaban J connectivity index is 2.50. The molecule has 0 aromatic carbocycles. The fourth-order valence-electron chi connectivity index (χ4n) is 3.17. The number of hydrogen-bond acceptors (Lipinski definition) is 3. The second-order valence-electron chi connectivity index (χ2n) is 8.00. The zero-order valence-electron chi connectivity index (χ0n) is 15.3. The van der Waals surface area contributed by atoms with E-state index < -0.39 is 0 Å². The molecule has 126 valence electrons. The molecule has 0 aliphatic carbocycles. The maximum Gasteiger partial charge on any atom is 0.0701 e. The highest BCUT2D eigenvalue weighted by molar-refractivity contribution is 4.86. The van der Waals surface area contributed by atoms with Gasteiger partial charge in [0.25, 0.3) is 0 Å². The van der Waals surface area contributed by atoms with E-state index in [0.29, 0.717) is 11.5 Å². The van der Waals surface area contributed by atoms with Gasteiger partial charge >= 0.3 is 0 Å². The van der Waals surface area contributed by atoms with Crippen molar-refractivity contribution in [3.8, 4) is 0 Å². The van der Waals surface area contributed by atoms with Crippen LogP contribution in [-0.4, -0.2) is 49.8 Å². The summed E-state index contributed by atoms with van der Waals surface area (Å²) in [4.78, 5) is 2.49. The summed E-state index contributed by atoms with van der Waals surface area (Å²) < 4.78 is 5.89. The minimum Gasteiger partial charge on any atom is -0.377 e. The van der Waals surface area contributed by atoms with E-state index in [1.54, 1.807) is 0 Å². The van der Waals surface area contributed by atoms with Crippen molar-refractivity contribution in [2.45, 2.75) is 78.4 Å². The lowest BCUT2D eigenvalue weighted by atomic mass is 9.81. The molecule has 1 aliphatic rings. The van der Waals surface area contributed by atoms with Gasteiger partial charge in [0.1, 0.15) is 0 Å². The highest BCUT2D eigenvalue weighted by atomic mass is 16.5. The molecule has 0 spiro atoms. The van der Waals surface area contributed by atoms with Crippen molar-refractivity contribution < 1.29 is 4.74 Å². The molecule has 0 saturated carbocycles. The Kier molecular flexibility index (Phi) is 7.66. The lowest BCUT2D eigenvalue weighted by molar-refractivity contribution is -0.00884. The molecule has 3 nitrogen and oxygen atoms in total. The van der Waals surface area contributed by atoms with Crippen LogP contribution in [0, 0.1) is 5.41 Å². The van der Waals surface area contributed by atoms with E-state index in [4.69, 9.17) is 4.74 Å². The van der Waals surface area contributed by atoms with Gasteiger partial charge in [0.05, 0.1) is 6.10 Å². The van der Waals surface area contributed by atoms with Crippen LogP contribution in [0.5, 0.6) is 0 Å². The van der Waals surface area contributed by atoms with Crippen LogP contribution in [-0.2, 0) is 4.74 Å². The molecular formula is C18H38N2O. The van der Waals surface area contributed by atoms with E-state index in [1.807, 2.05) is 0 Å². The largest absolute Gasteiger partial charge is 0.377 e. The van der Waals surface area contributed by atoms with Crippen LogP contribution in [0.1, 0.15) is 66.7 Å². The van der Waals surface area contributed by atoms with E-state index in [-0.39, 0.29) is 5.54 Å². The van der Waals surface area contributed by atoms with Crippen LogP contribution in [0.2, 0.25) is 0 Å². The van der Waals surface area contributed by atoms with Crippen LogP contribution in [0.4, 0.5) is 0 Å². The Morgan fingerprint density at radius 2 is 1.81 bits per heavy atom. The summed E-state index contributed by atoms with van der Waals surface area (Å²) in [7, 11) is 2.26. The van der Waals surface area contributed by atoms with Crippen molar-refractivity contribution in [1.82, 2.24) is 10.2 Å². The third kappa shape index (κ3) is 7.12. The topological polar surface area (TPSA) is 24.5 Å². The second kappa shape index (κ2) is 8.50. The summed E-state index contributed by atoms with van der Waals surface area (Å²) in [5, 5.41) is 3.72. The molecule has 1 rings (SSSR count). The molecule has 1 heterocycles. The Labute approximate surface area is 132 Å². The van der Waals surface area contributed by atoms with Gasteiger partial charge in [0.2, 0.25) is 0 Å². The Morgan fingerprint density at radius 3 is 2.29 bits per heavy atom. The van der Waals surface area contributed by atoms with E-state index >= 15 is 0 Å². The first kappa shape index (κ1) is 18.9. The number of likely N-dealkylation sites (N-methyl/N-ethyl adjacent to an activating group) is 1. The van der Waals surface area contributed by atoms with Gasteiger partial charge in [-0.3, -0.25) is 0 Å². The van der Waals surface area contributed by atoms with E-state index in [9.17, 15) is 0 Å². The van der Waals surface area contributed by atoms with Gasteiger partial charge in [-0.1, -0.05) is 13.8 Å². The summed E-state index contributed by atoms with van der Waals surface area (Å²) in [5.41, 5.74) is 0.567. The third-order valence-electron chi connectivity index (χ3n) is 4.89. The SMILES string of the molecule is CCC(CC)(CNC(C)(C)C)CN(C)CC1CCCCO1. The molecule has 1 N–H and O–H groups in total. The first-order valence-corrected chi connectivity index (χ1v) is 8.85. The van der Waals surface area contributed by atoms with Crippen LogP contribution >= 0.6 is 0 Å². The lowest BCUT2D eigenvalue weighted by Crippen LogP contribution is -2.49. The van der Waals surface area contributed by atoms with E-state index in [2.05, 4.69) is 51.9 Å². The van der Waals surface area contributed by atoms with Crippen LogP contribution < -0.4 is 5.32 Å². The molecule has 0 aromatic rings. The molecule has 3 heteroatoms. The molecular weight excluding hydrogens is 260 g/mol. The summed E-state index contributed by atoms with van der Waals surface area (Å²) in [5.74, 6) is 0. The third-order valence-corrected chi connectivity index (χ3v) is 4.89. The standard InChI is InChI=1S/C18H38N2O/c1-7-18(8-2,14-19-17(3,4)5)15-20(6)13-16-11-9-10-12-21-16/h16,19H,7-15H2,1-6H3. The first-order valence-electron chi connectivity index (χ1n) is 8.85. The number of nitrogens with zero attached hydrogens (tertiary/aromatic N) is 1. The highest BCUT2D eigenvalue weighted by Gasteiger charge is 2.30. The van der Waals surface area contributed by atoms with E-state index in [1.165, 1.54) is 32.1 Å². The highest BCUT2D eigenvalue weighted by Crippen LogP contribution is 2.28. The summed E-state index contributed by atoms with van der Waals surface area (Å²) in [6.07, 6.45) is 6.70. The maximum absolute atomic E-state index is 5.89. The predicted molar refractivity (Wildman–Crippen MR) is 91.9 cm³/mol. The van der Waals surface area contributed by atoms with Gasteiger partial charge in [-0.25, -0.2) is 0 Å². The monoisotopic (exact) mass is 298 g/mol. The van der Waals surface area contributed by atoms with Crippen molar-refractivity contribution >= 4 is 0 Å². The number of nitrogens with one attached hydrogen (secondary N) is 1. The van der Waals surface area contributed by atoms with Gasteiger partial charge in [0, 0.05) is 31.8 Å². The number of ether oxygens (including phenoxy) is 1. The minimum absolute atomic E-state index is 0.195. The summed E-state index contributed by atoms with van der Waals surface area (Å²) >= 11 is 0. The number of rotatable bonds is 8. The fourth-order valence-corrected chi connectivity index (χ4v) is 3.17. The van der Waals surface area contributed by atoms with Crippen LogP contribution in [0.15, 0.2) is 0 Å². The molecule has 0 bridgehead atoms. The van der Waals surface area contributed by atoms with Gasteiger partial charge in [0.15, 0.2) is 0 Å². The maximum atomic E-state index is 5.89. The van der Waals surface area contributed by atoms with Crippen molar-refractivity contribution in [2.75, 3.05) is 33.3 Å². The normalized spacial score (nSPS) is 21.0. The predicted octanol–water partition coefficient (Wildman–Crippen LogP) is 3.68. The number of hydrogen-bond donors (Lipinski definition) is 1. The summed E-state index contributed by atoms with van der Waals surface area (Å²) in [6.45, 7) is 15.7. The summed E-state index contributed by atoms with van der Waals surface area (Å²) in [6, 6.07) is 0. The zero-order valence-corrected chi connectivity index (χ0v) is 15.3. The molecule has 21 heavy (non-hydrogen) atoms. The molecule has 1 atom stereocenters. The van der Waals surface area contributed by atoms with Gasteiger partial charge in [-0.05, 0) is 65.3 Å². The molecule has 1 aliphatic heterocycles. The van der Waals surface area contributed by atoms with Gasteiger partial charge in [-0.2, -0.15) is 0 Å². The van der Waals surface area contributed by atoms with Crippen molar-refractivity contribution in [3.63, 3.8) is 0 Å². The molecule has 0 aromatic heterocycles. The molecule has 0 amide bonds. The Morgan fingerprint density at radius 1 is 1.14 bits per heavy atom. The zero-order chi connectivity index (χ0) is 15.9.